The smallest absolute Gasteiger partial charge is 0.126 e. The zero-order valence-corrected chi connectivity index (χ0v) is 11.8. The lowest BCUT2D eigenvalue weighted by Crippen LogP contribution is -2.23. The highest BCUT2D eigenvalue weighted by atomic mass is 19.1. The highest BCUT2D eigenvalue weighted by Crippen LogP contribution is 2.21. The zero-order valence-electron chi connectivity index (χ0n) is 11.8. The van der Waals surface area contributed by atoms with Gasteiger partial charge in [-0.25, -0.2) is 8.78 Å². The average molecular weight is 275 g/mol. The molecule has 0 amide bonds. The van der Waals surface area contributed by atoms with Crippen molar-refractivity contribution in [1.29, 1.82) is 0 Å². The van der Waals surface area contributed by atoms with Crippen molar-refractivity contribution in [2.24, 2.45) is 0 Å². The molecule has 1 nitrogen and oxygen atoms in total. The second-order valence-electron chi connectivity index (χ2n) is 4.95. The van der Waals surface area contributed by atoms with Crippen LogP contribution in [0, 0.1) is 18.6 Å². The topological polar surface area (TPSA) is 12.0 Å². The minimum atomic E-state index is -0.230. The molecule has 3 heteroatoms. The molecule has 20 heavy (non-hydrogen) atoms. The van der Waals surface area contributed by atoms with Gasteiger partial charge in [-0.2, -0.15) is 0 Å². The Bertz CT molecular complexity index is 564. The van der Waals surface area contributed by atoms with Gasteiger partial charge in [0.05, 0.1) is 0 Å². The second-order valence-corrected chi connectivity index (χ2v) is 4.95. The van der Waals surface area contributed by atoms with Crippen LogP contribution in [0.5, 0.6) is 0 Å². The highest BCUT2D eigenvalue weighted by Gasteiger charge is 2.12. The Hall–Kier alpha value is -1.74. The van der Waals surface area contributed by atoms with E-state index in [1.807, 2.05) is 13.0 Å². The molecule has 0 aliphatic heterocycles. The summed E-state index contributed by atoms with van der Waals surface area (Å²) in [5.74, 6) is -0.419. The molecule has 0 radical (unpaired) electrons. The van der Waals surface area contributed by atoms with E-state index in [1.165, 1.54) is 18.2 Å². The first-order chi connectivity index (χ1) is 9.60. The van der Waals surface area contributed by atoms with E-state index in [1.54, 1.807) is 25.1 Å². The van der Waals surface area contributed by atoms with Gasteiger partial charge < -0.3 is 5.32 Å². The number of hydrogen-bond acceptors (Lipinski definition) is 1. The van der Waals surface area contributed by atoms with Gasteiger partial charge in [-0.3, -0.25) is 0 Å². The number of likely N-dealkylation sites (N-methyl/N-ethyl adjacent to an activating group) is 1. The average Bonchev–Trinajstić information content (AvgIpc) is 2.44. The van der Waals surface area contributed by atoms with Crippen LogP contribution >= 0.6 is 0 Å². The van der Waals surface area contributed by atoms with E-state index in [2.05, 4.69) is 5.32 Å². The van der Waals surface area contributed by atoms with Crippen molar-refractivity contribution in [3.63, 3.8) is 0 Å². The predicted octanol–water partition coefficient (Wildman–Crippen LogP) is 4.17. The maximum absolute atomic E-state index is 13.4. The molecule has 0 aliphatic carbocycles. The monoisotopic (exact) mass is 275 g/mol. The summed E-state index contributed by atoms with van der Waals surface area (Å²) in [6.07, 6.45) is 0.749. The molecule has 1 unspecified atom stereocenters. The third kappa shape index (κ3) is 3.64. The lowest BCUT2D eigenvalue weighted by atomic mass is 9.97. The van der Waals surface area contributed by atoms with E-state index in [-0.39, 0.29) is 17.7 Å². The maximum Gasteiger partial charge on any atom is 0.126 e. The Kier molecular flexibility index (Phi) is 4.85. The van der Waals surface area contributed by atoms with E-state index in [4.69, 9.17) is 0 Å². The van der Waals surface area contributed by atoms with Gasteiger partial charge in [-0.05, 0) is 54.8 Å². The molecule has 2 aromatic carbocycles. The first-order valence-electron chi connectivity index (χ1n) is 6.84. The van der Waals surface area contributed by atoms with Crippen molar-refractivity contribution in [1.82, 2.24) is 5.32 Å². The lowest BCUT2D eigenvalue weighted by Gasteiger charge is -2.19. The summed E-state index contributed by atoms with van der Waals surface area (Å²) in [6.45, 7) is 4.62. The first-order valence-corrected chi connectivity index (χ1v) is 6.84. The van der Waals surface area contributed by atoms with Gasteiger partial charge in [0.25, 0.3) is 0 Å². The van der Waals surface area contributed by atoms with Crippen LogP contribution in [0.4, 0.5) is 8.78 Å². The Balaban J connectivity index is 2.21. The van der Waals surface area contributed by atoms with Gasteiger partial charge in [0, 0.05) is 6.04 Å². The van der Waals surface area contributed by atoms with Crippen molar-refractivity contribution in [3.05, 3.63) is 70.8 Å². The molecular formula is C17H19F2N. The van der Waals surface area contributed by atoms with Crippen molar-refractivity contribution < 1.29 is 8.78 Å². The van der Waals surface area contributed by atoms with E-state index < -0.39 is 0 Å². The molecule has 0 heterocycles. The number of aryl methyl sites for hydroxylation is 1. The van der Waals surface area contributed by atoms with E-state index in [0.29, 0.717) is 5.56 Å². The number of halogens is 2. The molecule has 2 rings (SSSR count). The number of nitrogens with one attached hydrogen (secondary N) is 1. The van der Waals surface area contributed by atoms with Gasteiger partial charge in [0.2, 0.25) is 0 Å². The minimum Gasteiger partial charge on any atom is -0.310 e. The lowest BCUT2D eigenvalue weighted by molar-refractivity contribution is 0.545. The molecule has 106 valence electrons. The SMILES string of the molecule is CCNC(Cc1ccc(F)cc1)c1ccc(F)c(C)c1. The fraction of sp³-hybridized carbons (Fsp3) is 0.294. The fourth-order valence-corrected chi connectivity index (χ4v) is 2.30. The summed E-state index contributed by atoms with van der Waals surface area (Å²) in [6, 6.07) is 11.8. The van der Waals surface area contributed by atoms with Gasteiger partial charge in [-0.15, -0.1) is 0 Å². The molecule has 0 aromatic heterocycles. The fourth-order valence-electron chi connectivity index (χ4n) is 2.30. The van der Waals surface area contributed by atoms with Crippen LogP contribution in [0.1, 0.15) is 29.7 Å². The molecule has 1 atom stereocenters. The summed E-state index contributed by atoms with van der Waals surface area (Å²) in [5.41, 5.74) is 2.75. The molecule has 0 aliphatic rings. The van der Waals surface area contributed by atoms with E-state index >= 15 is 0 Å². The van der Waals surface area contributed by atoms with Crippen molar-refractivity contribution in [3.8, 4) is 0 Å². The molecular weight excluding hydrogens is 256 g/mol. The molecule has 0 bridgehead atoms. The first kappa shape index (κ1) is 14.7. The molecule has 2 aromatic rings. The molecule has 0 saturated carbocycles. The van der Waals surface area contributed by atoms with Gasteiger partial charge in [0.1, 0.15) is 11.6 Å². The van der Waals surface area contributed by atoms with Crippen LogP contribution in [0.15, 0.2) is 42.5 Å². The van der Waals surface area contributed by atoms with E-state index in [0.717, 1.165) is 24.1 Å². The predicted molar refractivity (Wildman–Crippen MR) is 77.7 cm³/mol. The summed E-state index contributed by atoms with van der Waals surface area (Å²) in [4.78, 5) is 0. The quantitative estimate of drug-likeness (QED) is 0.863. The zero-order chi connectivity index (χ0) is 14.5. The Labute approximate surface area is 118 Å². The van der Waals surface area contributed by atoms with Crippen LogP contribution in [-0.4, -0.2) is 6.54 Å². The van der Waals surface area contributed by atoms with Crippen molar-refractivity contribution in [2.45, 2.75) is 26.3 Å². The van der Waals surface area contributed by atoms with E-state index in [9.17, 15) is 8.78 Å². The summed E-state index contributed by atoms with van der Waals surface area (Å²) in [7, 11) is 0. The van der Waals surface area contributed by atoms with Crippen LogP contribution in [0.25, 0.3) is 0 Å². The minimum absolute atomic E-state index is 0.102. The Morgan fingerprint density at radius 1 is 1.05 bits per heavy atom. The largest absolute Gasteiger partial charge is 0.310 e. The normalized spacial score (nSPS) is 12.4. The molecule has 0 saturated heterocycles. The third-order valence-corrected chi connectivity index (χ3v) is 3.39. The molecule has 0 fully saturated rings. The van der Waals surface area contributed by atoms with Gasteiger partial charge in [0.15, 0.2) is 0 Å². The summed E-state index contributed by atoms with van der Waals surface area (Å²) >= 11 is 0. The standard InChI is InChI=1S/C17H19F2N/c1-3-20-17(11-13-4-7-15(18)8-5-13)14-6-9-16(19)12(2)10-14/h4-10,17,20H,3,11H2,1-2H3. The number of benzene rings is 2. The maximum atomic E-state index is 13.4. The molecule has 0 spiro atoms. The molecule has 1 N–H and O–H groups in total. The van der Waals surface area contributed by atoms with Gasteiger partial charge >= 0.3 is 0 Å². The van der Waals surface area contributed by atoms with Crippen LogP contribution in [0.3, 0.4) is 0 Å². The van der Waals surface area contributed by atoms with Gasteiger partial charge in [-0.1, -0.05) is 31.2 Å². The highest BCUT2D eigenvalue weighted by molar-refractivity contribution is 5.28. The number of hydrogen-bond donors (Lipinski definition) is 1. The van der Waals surface area contributed by atoms with Crippen molar-refractivity contribution >= 4 is 0 Å². The summed E-state index contributed by atoms with van der Waals surface area (Å²) in [5, 5.41) is 3.39. The Morgan fingerprint density at radius 3 is 2.35 bits per heavy atom. The third-order valence-electron chi connectivity index (χ3n) is 3.39. The van der Waals surface area contributed by atoms with Crippen LogP contribution in [-0.2, 0) is 6.42 Å². The summed E-state index contributed by atoms with van der Waals surface area (Å²) < 4.78 is 26.3. The van der Waals surface area contributed by atoms with Crippen LogP contribution < -0.4 is 5.32 Å². The van der Waals surface area contributed by atoms with Crippen molar-refractivity contribution in [2.75, 3.05) is 6.54 Å². The van der Waals surface area contributed by atoms with Crippen LogP contribution in [0.2, 0.25) is 0 Å². The Morgan fingerprint density at radius 2 is 1.75 bits per heavy atom. The second kappa shape index (κ2) is 6.62. The number of rotatable bonds is 5.